The smallest absolute Gasteiger partial charge is 0.274 e. The van der Waals surface area contributed by atoms with E-state index in [9.17, 15) is 17.6 Å². The Balaban J connectivity index is 2.09. The minimum Gasteiger partial charge on any atom is -0.298 e. The molecule has 0 atom stereocenters. The van der Waals surface area contributed by atoms with Crippen LogP contribution in [-0.4, -0.2) is 14.3 Å². The predicted molar refractivity (Wildman–Crippen MR) is 80.3 cm³/mol. The lowest BCUT2D eigenvalue weighted by molar-refractivity contribution is 0.0959. The van der Waals surface area contributed by atoms with Gasteiger partial charge in [0.15, 0.2) is 0 Å². The molecule has 0 saturated heterocycles. The van der Waals surface area contributed by atoms with Crippen LogP contribution in [0.15, 0.2) is 47.4 Å². The number of sulfonamides is 1. The third-order valence-electron chi connectivity index (χ3n) is 2.69. The number of rotatable bonds is 4. The van der Waals surface area contributed by atoms with Gasteiger partial charge < -0.3 is 0 Å². The summed E-state index contributed by atoms with van der Waals surface area (Å²) in [6, 6.07) is 9.20. The van der Waals surface area contributed by atoms with Crippen molar-refractivity contribution in [1.82, 2.24) is 5.43 Å². The third-order valence-corrected chi connectivity index (χ3v) is 3.94. The van der Waals surface area contributed by atoms with Crippen molar-refractivity contribution in [1.29, 1.82) is 0 Å². The quantitative estimate of drug-likeness (QED) is 0.738. The zero-order valence-corrected chi connectivity index (χ0v) is 12.6. The van der Waals surface area contributed by atoms with Gasteiger partial charge in [-0.15, -0.1) is 0 Å². The highest BCUT2D eigenvalue weighted by Crippen LogP contribution is 2.19. The Morgan fingerprint density at radius 2 is 1.77 bits per heavy atom. The van der Waals surface area contributed by atoms with Crippen molar-refractivity contribution in [2.75, 3.05) is 5.43 Å². The first kappa shape index (κ1) is 16.2. The van der Waals surface area contributed by atoms with Crippen LogP contribution in [0.5, 0.6) is 0 Å². The number of hydrogen-bond donors (Lipinski definition) is 3. The SMILES string of the molecule is NS(=O)(=O)c1ccc(NNC(=O)c2c(F)cccc2Cl)cc1. The second kappa shape index (κ2) is 6.30. The van der Waals surface area contributed by atoms with E-state index in [1.54, 1.807) is 0 Å². The molecule has 0 bridgehead atoms. The molecule has 0 aliphatic carbocycles. The molecular formula is C13H11ClFN3O3S. The standard InChI is InChI=1S/C13H11ClFN3O3S/c14-10-2-1-3-11(15)12(10)13(19)18-17-8-4-6-9(7-5-8)22(16,20)21/h1-7,17H,(H,18,19)(H2,16,20,21). The number of halogens is 2. The molecule has 0 radical (unpaired) electrons. The van der Waals surface area contributed by atoms with E-state index in [0.29, 0.717) is 5.69 Å². The molecule has 0 heterocycles. The number of nitrogens with two attached hydrogens (primary N) is 1. The topological polar surface area (TPSA) is 101 Å². The van der Waals surface area contributed by atoms with Crippen LogP contribution in [0.25, 0.3) is 0 Å². The monoisotopic (exact) mass is 343 g/mol. The van der Waals surface area contributed by atoms with Crippen molar-refractivity contribution in [2.45, 2.75) is 4.90 Å². The van der Waals surface area contributed by atoms with Gasteiger partial charge in [0.05, 0.1) is 21.2 Å². The number of benzene rings is 2. The minimum atomic E-state index is -3.79. The summed E-state index contributed by atoms with van der Waals surface area (Å²) in [6.07, 6.45) is 0. The fourth-order valence-corrected chi connectivity index (χ4v) is 2.40. The fourth-order valence-electron chi connectivity index (χ4n) is 1.63. The van der Waals surface area contributed by atoms with E-state index in [1.165, 1.54) is 36.4 Å². The van der Waals surface area contributed by atoms with Crippen molar-refractivity contribution in [3.05, 3.63) is 58.9 Å². The highest BCUT2D eigenvalue weighted by molar-refractivity contribution is 7.89. The van der Waals surface area contributed by atoms with E-state index < -0.39 is 21.7 Å². The molecule has 6 nitrogen and oxygen atoms in total. The summed E-state index contributed by atoms with van der Waals surface area (Å²) in [5.74, 6) is -1.52. The van der Waals surface area contributed by atoms with Gasteiger partial charge in [0.1, 0.15) is 5.82 Å². The molecule has 4 N–H and O–H groups in total. The zero-order chi connectivity index (χ0) is 16.3. The average molecular weight is 344 g/mol. The van der Waals surface area contributed by atoms with E-state index in [0.717, 1.165) is 6.07 Å². The molecule has 0 fully saturated rings. The summed E-state index contributed by atoms with van der Waals surface area (Å²) >= 11 is 5.77. The molecule has 0 saturated carbocycles. The van der Waals surface area contributed by atoms with Crippen LogP contribution in [-0.2, 0) is 10.0 Å². The average Bonchev–Trinajstić information content (AvgIpc) is 2.44. The minimum absolute atomic E-state index is 0.0242. The van der Waals surface area contributed by atoms with E-state index in [1.807, 2.05) is 0 Å². The molecule has 9 heteroatoms. The van der Waals surface area contributed by atoms with Crippen LogP contribution in [0.4, 0.5) is 10.1 Å². The van der Waals surface area contributed by atoms with Gasteiger partial charge in [-0.05, 0) is 36.4 Å². The van der Waals surface area contributed by atoms with Crippen LogP contribution in [0.3, 0.4) is 0 Å². The van der Waals surface area contributed by atoms with Crippen molar-refractivity contribution in [2.24, 2.45) is 5.14 Å². The number of hydrogen-bond acceptors (Lipinski definition) is 4. The molecule has 0 aromatic heterocycles. The summed E-state index contributed by atoms with van der Waals surface area (Å²) in [6.45, 7) is 0. The van der Waals surface area contributed by atoms with Gasteiger partial charge in [-0.1, -0.05) is 17.7 Å². The molecule has 116 valence electrons. The number of amides is 1. The highest BCUT2D eigenvalue weighted by atomic mass is 35.5. The van der Waals surface area contributed by atoms with Crippen molar-refractivity contribution in [3.63, 3.8) is 0 Å². The molecule has 0 unspecified atom stereocenters. The van der Waals surface area contributed by atoms with Gasteiger partial charge in [-0.25, -0.2) is 17.9 Å². The molecule has 2 aromatic rings. The van der Waals surface area contributed by atoms with E-state index in [4.69, 9.17) is 16.7 Å². The summed E-state index contributed by atoms with van der Waals surface area (Å²) in [5.41, 5.74) is 4.87. The fraction of sp³-hybridized carbons (Fsp3) is 0. The van der Waals surface area contributed by atoms with Gasteiger partial charge >= 0.3 is 0 Å². The Labute approximate surface area is 131 Å². The van der Waals surface area contributed by atoms with Crippen LogP contribution >= 0.6 is 11.6 Å². The van der Waals surface area contributed by atoms with Crippen LogP contribution in [0.1, 0.15) is 10.4 Å². The Morgan fingerprint density at radius 3 is 2.32 bits per heavy atom. The lowest BCUT2D eigenvalue weighted by Crippen LogP contribution is -2.30. The molecule has 0 aliphatic heterocycles. The normalized spacial score (nSPS) is 11.0. The van der Waals surface area contributed by atoms with Gasteiger partial charge in [0.25, 0.3) is 5.91 Å². The van der Waals surface area contributed by atoms with E-state index in [-0.39, 0.29) is 15.5 Å². The first-order chi connectivity index (χ1) is 10.3. The zero-order valence-electron chi connectivity index (χ0n) is 11.0. The maximum Gasteiger partial charge on any atom is 0.274 e. The first-order valence-corrected chi connectivity index (χ1v) is 7.84. The molecule has 0 aliphatic rings. The Hall–Kier alpha value is -2.16. The van der Waals surface area contributed by atoms with Gasteiger partial charge in [-0.3, -0.25) is 15.6 Å². The second-order valence-electron chi connectivity index (χ2n) is 4.25. The summed E-state index contributed by atoms with van der Waals surface area (Å²) in [4.78, 5) is 11.8. The van der Waals surface area contributed by atoms with Gasteiger partial charge in [0, 0.05) is 0 Å². The molecule has 2 rings (SSSR count). The molecule has 2 aromatic carbocycles. The van der Waals surface area contributed by atoms with E-state index in [2.05, 4.69) is 10.9 Å². The number of nitrogens with one attached hydrogen (secondary N) is 2. The van der Waals surface area contributed by atoms with Crippen LogP contribution < -0.4 is 16.0 Å². The number of primary sulfonamides is 1. The Kier molecular flexibility index (Phi) is 4.65. The lowest BCUT2D eigenvalue weighted by Gasteiger charge is -2.10. The van der Waals surface area contributed by atoms with Crippen molar-refractivity contribution < 1.29 is 17.6 Å². The third kappa shape index (κ3) is 3.73. The second-order valence-corrected chi connectivity index (χ2v) is 6.21. The molecular weight excluding hydrogens is 333 g/mol. The Morgan fingerprint density at radius 1 is 1.14 bits per heavy atom. The molecule has 1 amide bonds. The number of anilines is 1. The first-order valence-electron chi connectivity index (χ1n) is 5.92. The van der Waals surface area contributed by atoms with Gasteiger partial charge in [-0.2, -0.15) is 0 Å². The highest BCUT2D eigenvalue weighted by Gasteiger charge is 2.15. The predicted octanol–water partition coefficient (Wildman–Crippen LogP) is 1.88. The Bertz CT molecular complexity index is 790. The molecule has 0 spiro atoms. The number of carbonyl (C=O) groups excluding carboxylic acids is 1. The van der Waals surface area contributed by atoms with Crippen molar-refractivity contribution >= 4 is 33.2 Å². The number of hydrazine groups is 1. The summed E-state index contributed by atoms with van der Waals surface area (Å²) < 4.78 is 35.8. The lowest BCUT2D eigenvalue weighted by atomic mass is 10.2. The largest absolute Gasteiger partial charge is 0.298 e. The van der Waals surface area contributed by atoms with Crippen LogP contribution in [0.2, 0.25) is 5.02 Å². The molecule has 22 heavy (non-hydrogen) atoms. The maximum absolute atomic E-state index is 13.6. The van der Waals surface area contributed by atoms with Crippen LogP contribution in [0, 0.1) is 5.82 Å². The van der Waals surface area contributed by atoms with Gasteiger partial charge in [0.2, 0.25) is 10.0 Å². The van der Waals surface area contributed by atoms with E-state index >= 15 is 0 Å². The maximum atomic E-state index is 13.6. The summed E-state index contributed by atoms with van der Waals surface area (Å²) in [5, 5.41) is 4.94. The van der Waals surface area contributed by atoms with Crippen molar-refractivity contribution in [3.8, 4) is 0 Å². The summed E-state index contributed by atoms with van der Waals surface area (Å²) in [7, 11) is -3.79. The number of carbonyl (C=O) groups is 1.